The fourth-order valence-electron chi connectivity index (χ4n) is 5.86. The number of nitrogens with zero attached hydrogens (tertiary/aromatic N) is 2. The number of carbonyl (C=O) groups is 1. The van der Waals surface area contributed by atoms with Crippen molar-refractivity contribution in [1.29, 1.82) is 0 Å². The van der Waals surface area contributed by atoms with Gasteiger partial charge in [0.25, 0.3) is 5.56 Å². The number of carboxylic acids is 1. The van der Waals surface area contributed by atoms with Crippen molar-refractivity contribution in [2.24, 2.45) is 0 Å². The van der Waals surface area contributed by atoms with Crippen molar-refractivity contribution in [3.63, 3.8) is 0 Å². The number of aliphatic carboxylic acids is 1. The molecule has 1 aromatic heterocycles. The van der Waals surface area contributed by atoms with Gasteiger partial charge < -0.3 is 19.9 Å². The zero-order valence-corrected chi connectivity index (χ0v) is 25.8. The van der Waals surface area contributed by atoms with E-state index in [-0.39, 0.29) is 48.7 Å². The first-order valence-electron chi connectivity index (χ1n) is 15.1. The minimum atomic E-state index is -4.95. The molecule has 4 aromatic rings. The molecular weight excluding hydrogens is 641 g/mol. The number of hydrogen-bond acceptors (Lipinski definition) is 6. The van der Waals surface area contributed by atoms with Crippen molar-refractivity contribution in [1.82, 2.24) is 14.5 Å². The van der Waals surface area contributed by atoms with Gasteiger partial charge in [-0.3, -0.25) is 13.9 Å². The lowest BCUT2D eigenvalue weighted by atomic mass is 9.94. The SMILES string of the molecule is Cc1c(-c2cccc(OCCCOCC(=O)O)c2F)c(=O)n(CC2NCCc3ccccc32)c(=O)n1Cc1c(F)cccc1C(F)(F)F. The maximum atomic E-state index is 16.0. The molecule has 3 aromatic carbocycles. The van der Waals surface area contributed by atoms with Crippen LogP contribution in [0.1, 0.15) is 40.4 Å². The number of hydrogen-bond donors (Lipinski definition) is 2. The number of nitrogens with one attached hydrogen (secondary N) is 1. The van der Waals surface area contributed by atoms with Gasteiger partial charge in [0.1, 0.15) is 12.4 Å². The van der Waals surface area contributed by atoms with Crippen LogP contribution in [0.5, 0.6) is 5.75 Å². The minimum absolute atomic E-state index is 0.0245. The van der Waals surface area contributed by atoms with Crippen LogP contribution >= 0.6 is 0 Å². The van der Waals surface area contributed by atoms with E-state index in [1.165, 1.54) is 25.1 Å². The van der Waals surface area contributed by atoms with Gasteiger partial charge in [-0.2, -0.15) is 13.2 Å². The smallest absolute Gasteiger partial charge is 0.416 e. The Hall–Kier alpha value is -4.82. The fourth-order valence-corrected chi connectivity index (χ4v) is 5.86. The highest BCUT2D eigenvalue weighted by Gasteiger charge is 2.35. The van der Waals surface area contributed by atoms with Crippen molar-refractivity contribution in [3.05, 3.63) is 121 Å². The van der Waals surface area contributed by atoms with E-state index in [2.05, 4.69) is 5.32 Å². The highest BCUT2D eigenvalue weighted by atomic mass is 19.4. The Labute approximate surface area is 271 Å². The average Bonchev–Trinajstić information content (AvgIpc) is 3.04. The molecule has 1 aliphatic heterocycles. The van der Waals surface area contributed by atoms with Crippen molar-refractivity contribution >= 4 is 5.97 Å². The van der Waals surface area contributed by atoms with Crippen molar-refractivity contribution < 1.29 is 41.3 Å². The lowest BCUT2D eigenvalue weighted by Gasteiger charge is -2.28. The van der Waals surface area contributed by atoms with Gasteiger partial charge in [-0.1, -0.05) is 42.5 Å². The Morgan fingerprint density at radius 3 is 2.50 bits per heavy atom. The molecule has 0 fully saturated rings. The summed E-state index contributed by atoms with van der Waals surface area (Å²) in [4.78, 5) is 38.8. The third-order valence-electron chi connectivity index (χ3n) is 8.16. The summed E-state index contributed by atoms with van der Waals surface area (Å²) >= 11 is 0. The molecule has 5 rings (SSSR count). The molecule has 0 saturated heterocycles. The summed E-state index contributed by atoms with van der Waals surface area (Å²) in [5.74, 6) is -3.58. The van der Waals surface area contributed by atoms with Gasteiger partial charge in [0.15, 0.2) is 11.6 Å². The van der Waals surface area contributed by atoms with E-state index >= 15 is 8.78 Å². The summed E-state index contributed by atoms with van der Waals surface area (Å²) in [5.41, 5.74) is -2.92. The normalized spacial score (nSPS) is 14.5. The topological polar surface area (TPSA) is 112 Å². The molecule has 1 unspecified atom stereocenters. The van der Waals surface area contributed by atoms with Gasteiger partial charge >= 0.3 is 17.8 Å². The first-order chi connectivity index (χ1) is 22.9. The van der Waals surface area contributed by atoms with Gasteiger partial charge in [-0.15, -0.1) is 0 Å². The first-order valence-corrected chi connectivity index (χ1v) is 15.1. The first kappa shape index (κ1) is 34.5. The van der Waals surface area contributed by atoms with Crippen LogP contribution in [0.25, 0.3) is 11.1 Å². The van der Waals surface area contributed by atoms with Crippen LogP contribution in [0.4, 0.5) is 22.0 Å². The monoisotopic (exact) mass is 673 g/mol. The van der Waals surface area contributed by atoms with Crippen LogP contribution in [0, 0.1) is 18.6 Å². The number of rotatable bonds is 12. The van der Waals surface area contributed by atoms with E-state index < -0.39 is 65.3 Å². The van der Waals surface area contributed by atoms with E-state index in [0.29, 0.717) is 19.0 Å². The second-order valence-electron chi connectivity index (χ2n) is 11.2. The Morgan fingerprint density at radius 2 is 1.75 bits per heavy atom. The van der Waals surface area contributed by atoms with Gasteiger partial charge in [0, 0.05) is 23.2 Å². The van der Waals surface area contributed by atoms with Crippen LogP contribution in [-0.4, -0.2) is 46.6 Å². The summed E-state index contributed by atoms with van der Waals surface area (Å²) in [5, 5.41) is 11.9. The Morgan fingerprint density at radius 1 is 1.00 bits per heavy atom. The molecular formula is C34H32F5N3O6. The Bertz CT molecular complexity index is 1940. The third kappa shape index (κ3) is 7.34. The lowest BCUT2D eigenvalue weighted by Crippen LogP contribution is -2.46. The highest BCUT2D eigenvalue weighted by molar-refractivity contribution is 5.68. The Balaban J connectivity index is 1.62. The van der Waals surface area contributed by atoms with Gasteiger partial charge in [-0.25, -0.2) is 18.4 Å². The van der Waals surface area contributed by atoms with E-state index in [9.17, 15) is 27.6 Å². The van der Waals surface area contributed by atoms with Gasteiger partial charge in [-0.05, 0) is 49.2 Å². The summed E-state index contributed by atoms with van der Waals surface area (Å²) in [6, 6.07) is 13.3. The van der Waals surface area contributed by atoms with Gasteiger partial charge in [0.05, 0.1) is 43.5 Å². The number of halogens is 5. The minimum Gasteiger partial charge on any atom is -0.490 e. The van der Waals surface area contributed by atoms with E-state index in [0.717, 1.165) is 32.4 Å². The van der Waals surface area contributed by atoms with Crippen molar-refractivity contribution in [2.45, 2.75) is 45.1 Å². The molecule has 0 bridgehead atoms. The van der Waals surface area contributed by atoms with E-state index in [4.69, 9.17) is 14.6 Å². The maximum absolute atomic E-state index is 16.0. The predicted octanol–water partition coefficient (Wildman–Crippen LogP) is 5.09. The molecule has 1 atom stereocenters. The molecule has 254 valence electrons. The molecule has 0 spiro atoms. The number of carboxylic acid groups (broad SMARTS) is 1. The summed E-state index contributed by atoms with van der Waals surface area (Å²) < 4.78 is 85.1. The molecule has 0 saturated carbocycles. The Kier molecular flexibility index (Phi) is 10.4. The van der Waals surface area contributed by atoms with E-state index in [1.807, 2.05) is 18.2 Å². The molecule has 1 aliphatic rings. The van der Waals surface area contributed by atoms with Crippen LogP contribution in [0.2, 0.25) is 0 Å². The quantitative estimate of drug-likeness (QED) is 0.159. The highest BCUT2D eigenvalue weighted by Crippen LogP contribution is 2.34. The average molecular weight is 674 g/mol. The number of aromatic nitrogens is 2. The van der Waals surface area contributed by atoms with Crippen LogP contribution in [-0.2, 0) is 35.2 Å². The fraction of sp³-hybridized carbons (Fsp3) is 0.324. The van der Waals surface area contributed by atoms with Crippen molar-refractivity contribution in [3.8, 4) is 16.9 Å². The predicted molar refractivity (Wildman–Crippen MR) is 165 cm³/mol. The molecule has 9 nitrogen and oxygen atoms in total. The number of fused-ring (bicyclic) bond motifs is 1. The van der Waals surface area contributed by atoms with Crippen LogP contribution in [0.3, 0.4) is 0 Å². The van der Waals surface area contributed by atoms with Crippen molar-refractivity contribution in [2.75, 3.05) is 26.4 Å². The largest absolute Gasteiger partial charge is 0.490 e. The summed E-state index contributed by atoms with van der Waals surface area (Å²) in [7, 11) is 0. The zero-order chi connectivity index (χ0) is 34.6. The molecule has 0 amide bonds. The zero-order valence-electron chi connectivity index (χ0n) is 25.8. The standard InChI is InChI=1S/C34H32F5N3O6/c1-20-30(23-9-4-12-28(31(23)36)48-16-6-15-47-19-29(43)44)32(45)42(18-27-22-8-3-2-7-21(22)13-14-40-27)33(46)41(20)17-24-25(34(37,38)39)10-5-11-26(24)35/h2-5,7-12,27,40H,6,13-19H2,1H3,(H,43,44). The number of ether oxygens (including phenoxy) is 2. The second-order valence-corrected chi connectivity index (χ2v) is 11.2. The number of benzene rings is 3. The number of alkyl halides is 3. The molecule has 2 heterocycles. The third-order valence-corrected chi connectivity index (χ3v) is 8.16. The molecule has 14 heteroatoms. The molecule has 0 aliphatic carbocycles. The second kappa shape index (κ2) is 14.5. The van der Waals surface area contributed by atoms with Crippen LogP contribution < -0.4 is 21.3 Å². The molecule has 0 radical (unpaired) electrons. The van der Waals surface area contributed by atoms with Crippen LogP contribution in [0.15, 0.2) is 70.3 Å². The maximum Gasteiger partial charge on any atom is 0.416 e. The molecule has 2 N–H and O–H groups in total. The van der Waals surface area contributed by atoms with Gasteiger partial charge in [0.2, 0.25) is 0 Å². The summed E-state index contributed by atoms with van der Waals surface area (Å²) in [6.45, 7) is 0.145. The lowest BCUT2D eigenvalue weighted by molar-refractivity contribution is -0.142. The van der Waals surface area contributed by atoms with E-state index in [1.54, 1.807) is 6.07 Å². The summed E-state index contributed by atoms with van der Waals surface area (Å²) in [6.07, 6.45) is -4.03. The molecule has 48 heavy (non-hydrogen) atoms.